The van der Waals surface area contributed by atoms with Crippen LogP contribution < -0.4 is 5.32 Å². The first-order valence-corrected chi connectivity index (χ1v) is 9.36. The largest absolute Gasteiger partial charge is 0.343 e. The van der Waals surface area contributed by atoms with Crippen LogP contribution in [0.3, 0.4) is 0 Å². The van der Waals surface area contributed by atoms with E-state index in [1.54, 1.807) is 6.20 Å². The zero-order valence-electron chi connectivity index (χ0n) is 14.7. The minimum Gasteiger partial charge on any atom is -0.343 e. The van der Waals surface area contributed by atoms with Crippen molar-refractivity contribution in [1.82, 2.24) is 4.98 Å². The standard InChI is InChI=1S/C21H21BrN2O/c1-20(2)10-16-18(17(25)11-20)21(3,13-7-5-4-6-8-13)15-9-14(22)12-23-19(15)24-16/h4-9,12H,10-11H2,1-3H3,(H,23,24)/t21-/m0/s1. The maximum atomic E-state index is 13.2. The third-order valence-corrected chi connectivity index (χ3v) is 5.82. The van der Waals surface area contributed by atoms with Crippen molar-refractivity contribution in [3.63, 3.8) is 0 Å². The van der Waals surface area contributed by atoms with E-state index in [0.717, 1.165) is 39.1 Å². The van der Waals surface area contributed by atoms with Gasteiger partial charge in [0.1, 0.15) is 5.82 Å². The summed E-state index contributed by atoms with van der Waals surface area (Å²) in [6.45, 7) is 6.46. The van der Waals surface area contributed by atoms with Crippen LogP contribution in [0, 0.1) is 5.41 Å². The predicted molar refractivity (Wildman–Crippen MR) is 104 cm³/mol. The summed E-state index contributed by atoms with van der Waals surface area (Å²) in [4.78, 5) is 17.8. The molecule has 2 aromatic rings. The Morgan fingerprint density at radius 1 is 1.12 bits per heavy atom. The van der Waals surface area contributed by atoms with E-state index in [-0.39, 0.29) is 11.2 Å². The normalized spacial score (nSPS) is 24.4. The quantitative estimate of drug-likeness (QED) is 0.718. The van der Waals surface area contributed by atoms with Gasteiger partial charge in [-0.2, -0.15) is 0 Å². The molecule has 2 heterocycles. The Morgan fingerprint density at radius 3 is 2.56 bits per heavy atom. The highest BCUT2D eigenvalue weighted by Crippen LogP contribution is 2.52. The molecular formula is C21H21BrN2O. The molecular weight excluding hydrogens is 376 g/mol. The number of aromatic nitrogens is 1. The molecule has 0 unspecified atom stereocenters. The van der Waals surface area contributed by atoms with Crippen LogP contribution in [0.25, 0.3) is 0 Å². The topological polar surface area (TPSA) is 42.0 Å². The van der Waals surface area contributed by atoms with Crippen LogP contribution in [0.4, 0.5) is 5.82 Å². The number of hydrogen-bond donors (Lipinski definition) is 1. The Kier molecular flexibility index (Phi) is 3.66. The van der Waals surface area contributed by atoms with Crippen LogP contribution in [0.15, 0.2) is 58.3 Å². The molecule has 2 aliphatic rings. The Labute approximate surface area is 156 Å². The number of pyridine rings is 1. The van der Waals surface area contributed by atoms with Crippen LogP contribution in [-0.2, 0) is 10.2 Å². The Balaban J connectivity index is 2.03. The number of benzene rings is 1. The number of nitrogens with one attached hydrogen (secondary N) is 1. The van der Waals surface area contributed by atoms with E-state index in [2.05, 4.69) is 65.2 Å². The molecule has 0 amide bonds. The molecule has 0 saturated heterocycles. The van der Waals surface area contributed by atoms with E-state index >= 15 is 0 Å². The van der Waals surface area contributed by atoms with Gasteiger partial charge in [0.25, 0.3) is 0 Å². The maximum Gasteiger partial charge on any atom is 0.162 e. The zero-order valence-corrected chi connectivity index (χ0v) is 16.3. The fraction of sp³-hybridized carbons (Fsp3) is 0.333. The van der Waals surface area contributed by atoms with E-state index in [1.165, 1.54) is 0 Å². The summed E-state index contributed by atoms with van der Waals surface area (Å²) in [6, 6.07) is 12.4. The zero-order chi connectivity index (χ0) is 17.8. The van der Waals surface area contributed by atoms with Crippen molar-refractivity contribution in [2.45, 2.75) is 39.0 Å². The smallest absolute Gasteiger partial charge is 0.162 e. The highest BCUT2D eigenvalue weighted by Gasteiger charge is 2.47. The van der Waals surface area contributed by atoms with Gasteiger partial charge >= 0.3 is 0 Å². The molecule has 0 bridgehead atoms. The van der Waals surface area contributed by atoms with Crippen LogP contribution in [0.2, 0.25) is 0 Å². The summed E-state index contributed by atoms with van der Waals surface area (Å²) in [7, 11) is 0. The first-order valence-electron chi connectivity index (χ1n) is 8.57. The number of carbonyl (C=O) groups excluding carboxylic acids is 1. The van der Waals surface area contributed by atoms with Gasteiger partial charge < -0.3 is 5.32 Å². The lowest BCUT2D eigenvalue weighted by Gasteiger charge is -2.44. The number of rotatable bonds is 1. The minimum atomic E-state index is -0.498. The van der Waals surface area contributed by atoms with E-state index < -0.39 is 5.41 Å². The average molecular weight is 397 g/mol. The lowest BCUT2D eigenvalue weighted by atomic mass is 9.62. The summed E-state index contributed by atoms with van der Waals surface area (Å²) in [6.07, 6.45) is 3.24. The number of carbonyl (C=O) groups is 1. The number of anilines is 1. The van der Waals surface area contributed by atoms with E-state index in [4.69, 9.17) is 0 Å². The summed E-state index contributed by atoms with van der Waals surface area (Å²) in [5, 5.41) is 3.46. The lowest BCUT2D eigenvalue weighted by molar-refractivity contribution is -0.118. The average Bonchev–Trinajstić information content (AvgIpc) is 2.55. The molecule has 0 fully saturated rings. The lowest BCUT2D eigenvalue weighted by Crippen LogP contribution is -2.42. The van der Waals surface area contributed by atoms with Crippen molar-refractivity contribution in [2.75, 3.05) is 5.32 Å². The Bertz CT molecular complexity index is 901. The van der Waals surface area contributed by atoms with Gasteiger partial charge in [-0.25, -0.2) is 4.98 Å². The molecule has 1 aliphatic heterocycles. The molecule has 4 rings (SSSR count). The summed E-state index contributed by atoms with van der Waals surface area (Å²) in [5.74, 6) is 1.08. The van der Waals surface area contributed by atoms with E-state index in [1.807, 2.05) is 18.2 Å². The molecule has 1 atom stereocenters. The summed E-state index contributed by atoms with van der Waals surface area (Å²) < 4.78 is 0.919. The van der Waals surface area contributed by atoms with Crippen LogP contribution >= 0.6 is 15.9 Å². The third kappa shape index (κ3) is 2.54. The van der Waals surface area contributed by atoms with Gasteiger partial charge in [-0.15, -0.1) is 0 Å². The molecule has 1 aromatic carbocycles. The number of Topliss-reactive ketones (excluding diaryl/α,β-unsaturated/α-hetero) is 1. The van der Waals surface area contributed by atoms with Gasteiger partial charge in [-0.05, 0) is 46.3 Å². The highest BCUT2D eigenvalue weighted by atomic mass is 79.9. The molecule has 3 nitrogen and oxygen atoms in total. The van der Waals surface area contributed by atoms with Crippen LogP contribution in [0.1, 0.15) is 44.7 Å². The van der Waals surface area contributed by atoms with Crippen LogP contribution in [-0.4, -0.2) is 10.8 Å². The summed E-state index contributed by atoms with van der Waals surface area (Å²) >= 11 is 3.54. The van der Waals surface area contributed by atoms with Gasteiger partial charge in [-0.1, -0.05) is 44.2 Å². The van der Waals surface area contributed by atoms with E-state index in [0.29, 0.717) is 6.42 Å². The van der Waals surface area contributed by atoms with Crippen molar-refractivity contribution < 1.29 is 4.79 Å². The van der Waals surface area contributed by atoms with Gasteiger partial charge in [0.15, 0.2) is 5.78 Å². The molecule has 1 aliphatic carbocycles. The number of allylic oxidation sites excluding steroid dienone is 2. The van der Waals surface area contributed by atoms with Crippen molar-refractivity contribution in [2.24, 2.45) is 5.41 Å². The molecule has 0 radical (unpaired) electrons. The molecule has 0 spiro atoms. The Hall–Kier alpha value is -1.94. The monoisotopic (exact) mass is 396 g/mol. The first kappa shape index (κ1) is 16.5. The molecule has 1 aromatic heterocycles. The SMILES string of the molecule is CC1(C)CC(=O)C2=C(C1)Nc1ncc(Br)cc1[C@]2(C)c1ccccc1. The fourth-order valence-electron chi connectivity index (χ4n) is 4.28. The Morgan fingerprint density at radius 2 is 1.84 bits per heavy atom. The molecule has 1 N–H and O–H groups in total. The van der Waals surface area contributed by atoms with Crippen LogP contribution in [0.5, 0.6) is 0 Å². The maximum absolute atomic E-state index is 13.2. The molecule has 128 valence electrons. The second-order valence-corrected chi connectivity index (χ2v) is 8.88. The molecule has 4 heteroatoms. The number of fused-ring (bicyclic) bond motifs is 1. The van der Waals surface area contributed by atoms with E-state index in [9.17, 15) is 4.79 Å². The second-order valence-electron chi connectivity index (χ2n) is 7.96. The predicted octanol–water partition coefficient (Wildman–Crippen LogP) is 5.22. The van der Waals surface area contributed by atoms with Gasteiger partial charge in [0, 0.05) is 33.9 Å². The van der Waals surface area contributed by atoms with Gasteiger partial charge in [-0.3, -0.25) is 4.79 Å². The first-order chi connectivity index (χ1) is 11.8. The van der Waals surface area contributed by atoms with Crippen molar-refractivity contribution >= 4 is 27.5 Å². The fourth-order valence-corrected chi connectivity index (χ4v) is 4.61. The summed E-state index contributed by atoms with van der Waals surface area (Å²) in [5.41, 5.74) is 3.55. The van der Waals surface area contributed by atoms with Crippen molar-refractivity contribution in [1.29, 1.82) is 0 Å². The van der Waals surface area contributed by atoms with Crippen molar-refractivity contribution in [3.8, 4) is 0 Å². The highest BCUT2D eigenvalue weighted by molar-refractivity contribution is 9.10. The molecule has 0 saturated carbocycles. The van der Waals surface area contributed by atoms with Gasteiger partial charge in [0.05, 0.1) is 5.41 Å². The minimum absolute atomic E-state index is 0.0343. The number of nitrogens with zero attached hydrogens (tertiary/aromatic N) is 1. The van der Waals surface area contributed by atoms with Crippen molar-refractivity contribution in [3.05, 3.63) is 69.5 Å². The number of ketones is 1. The molecule has 25 heavy (non-hydrogen) atoms. The second kappa shape index (κ2) is 5.53. The third-order valence-electron chi connectivity index (χ3n) is 5.39. The van der Waals surface area contributed by atoms with Gasteiger partial charge in [0.2, 0.25) is 0 Å². The number of hydrogen-bond acceptors (Lipinski definition) is 3. The number of halogens is 1.